The number of benzene rings is 3. The van der Waals surface area contributed by atoms with Crippen molar-refractivity contribution in [2.45, 2.75) is 13.5 Å². The highest BCUT2D eigenvalue weighted by molar-refractivity contribution is 9.10. The van der Waals surface area contributed by atoms with Gasteiger partial charge in [0.1, 0.15) is 11.5 Å². The number of halogens is 1. The van der Waals surface area contributed by atoms with Gasteiger partial charge in [0.2, 0.25) is 5.43 Å². The van der Waals surface area contributed by atoms with Crippen molar-refractivity contribution < 1.29 is 14.7 Å². The van der Waals surface area contributed by atoms with E-state index in [0.29, 0.717) is 61.3 Å². The Bertz CT molecular complexity index is 1400. The van der Waals surface area contributed by atoms with Crippen molar-refractivity contribution in [3.8, 4) is 11.5 Å². The van der Waals surface area contributed by atoms with E-state index >= 15 is 0 Å². The molecule has 0 saturated carbocycles. The van der Waals surface area contributed by atoms with Crippen LogP contribution in [0.4, 0.5) is 5.69 Å². The fourth-order valence-corrected chi connectivity index (χ4v) is 4.39. The topological polar surface area (TPSA) is 95.9 Å². The summed E-state index contributed by atoms with van der Waals surface area (Å²) in [5.41, 5.74) is 3.53. The van der Waals surface area contributed by atoms with Crippen LogP contribution in [-0.4, -0.2) is 30.1 Å². The number of methoxy groups -OCH3 is 2. The van der Waals surface area contributed by atoms with Crippen LogP contribution in [0.25, 0.3) is 21.8 Å². The van der Waals surface area contributed by atoms with Gasteiger partial charge in [-0.2, -0.15) is 0 Å². The molecule has 0 aliphatic rings. The van der Waals surface area contributed by atoms with E-state index in [1.807, 2.05) is 42.5 Å². The van der Waals surface area contributed by atoms with E-state index in [9.17, 15) is 10.0 Å². The molecule has 32 heavy (non-hydrogen) atoms. The molecule has 0 fully saturated rings. The van der Waals surface area contributed by atoms with E-state index < -0.39 is 0 Å². The second kappa shape index (κ2) is 8.92. The van der Waals surface area contributed by atoms with Gasteiger partial charge in [0.15, 0.2) is 0 Å². The number of H-pyrrole nitrogens is 1. The van der Waals surface area contributed by atoms with E-state index in [1.165, 1.54) is 14.2 Å². The smallest absolute Gasteiger partial charge is 0.203 e. The van der Waals surface area contributed by atoms with Crippen molar-refractivity contribution in [2.75, 3.05) is 19.5 Å². The normalized spacial score (nSPS) is 11.7. The zero-order valence-corrected chi connectivity index (χ0v) is 19.4. The van der Waals surface area contributed by atoms with Gasteiger partial charge in [0.05, 0.1) is 46.2 Å². The summed E-state index contributed by atoms with van der Waals surface area (Å²) < 4.78 is 11.7. The van der Waals surface area contributed by atoms with Crippen LogP contribution in [0.2, 0.25) is 0 Å². The Hall–Kier alpha value is -3.52. The van der Waals surface area contributed by atoms with Crippen LogP contribution >= 0.6 is 15.9 Å². The molecule has 8 heteroatoms. The van der Waals surface area contributed by atoms with Crippen LogP contribution in [0.3, 0.4) is 0 Å². The number of ether oxygens (including phenoxy) is 2. The highest BCUT2D eigenvalue weighted by atomic mass is 79.9. The lowest BCUT2D eigenvalue weighted by atomic mass is 10.0. The predicted molar refractivity (Wildman–Crippen MR) is 131 cm³/mol. The third-order valence-corrected chi connectivity index (χ3v) is 5.99. The van der Waals surface area contributed by atoms with Crippen molar-refractivity contribution in [1.82, 2.24) is 4.98 Å². The van der Waals surface area contributed by atoms with Gasteiger partial charge in [-0.1, -0.05) is 35.5 Å². The van der Waals surface area contributed by atoms with Crippen molar-refractivity contribution in [2.24, 2.45) is 5.16 Å². The molecule has 1 aromatic heterocycles. The molecule has 0 bridgehead atoms. The molecule has 3 aromatic carbocycles. The largest absolute Gasteiger partial charge is 0.495 e. The van der Waals surface area contributed by atoms with Gasteiger partial charge in [-0.3, -0.25) is 4.79 Å². The average molecular weight is 496 g/mol. The summed E-state index contributed by atoms with van der Waals surface area (Å²) in [7, 11) is 3.05. The van der Waals surface area contributed by atoms with Crippen LogP contribution in [0.1, 0.15) is 18.1 Å². The van der Waals surface area contributed by atoms with Crippen LogP contribution in [0, 0.1) is 0 Å². The summed E-state index contributed by atoms with van der Waals surface area (Å²) in [6.45, 7) is 2.21. The Kier molecular flexibility index (Phi) is 6.05. The Morgan fingerprint density at radius 1 is 1.09 bits per heavy atom. The molecule has 4 aromatic rings. The van der Waals surface area contributed by atoms with Gasteiger partial charge in [-0.25, -0.2) is 0 Å². The summed E-state index contributed by atoms with van der Waals surface area (Å²) in [6.07, 6.45) is 0. The van der Waals surface area contributed by atoms with Gasteiger partial charge >= 0.3 is 0 Å². The highest BCUT2D eigenvalue weighted by Crippen LogP contribution is 2.39. The van der Waals surface area contributed by atoms with Gasteiger partial charge in [0.25, 0.3) is 0 Å². The number of oxime groups is 1. The molecule has 0 unspecified atom stereocenters. The summed E-state index contributed by atoms with van der Waals surface area (Å²) in [5.74, 6) is 0.898. The number of pyridine rings is 1. The second-order valence-electron chi connectivity index (χ2n) is 7.23. The maximum atomic E-state index is 13.9. The second-order valence-corrected chi connectivity index (χ2v) is 8.09. The third kappa shape index (κ3) is 3.67. The Balaban J connectivity index is 2.07. The lowest BCUT2D eigenvalue weighted by Crippen LogP contribution is -2.13. The quantitative estimate of drug-likeness (QED) is 0.146. The molecule has 7 nitrogen and oxygen atoms in total. The SMILES string of the molecule is COc1cc(Br)c(OC)c2c(=O)c3c(NCc4ccccc4)ccc(C(C)=NO)c3[nH]c12. The summed E-state index contributed by atoms with van der Waals surface area (Å²) >= 11 is 3.47. The lowest BCUT2D eigenvalue weighted by Gasteiger charge is -2.16. The Morgan fingerprint density at radius 2 is 1.84 bits per heavy atom. The van der Waals surface area contributed by atoms with Crippen LogP contribution < -0.4 is 20.2 Å². The Labute approximate surface area is 192 Å². The molecular weight excluding hydrogens is 474 g/mol. The van der Waals surface area contributed by atoms with Gasteiger partial charge in [0, 0.05) is 23.9 Å². The number of hydrogen-bond acceptors (Lipinski definition) is 6. The summed E-state index contributed by atoms with van der Waals surface area (Å²) in [4.78, 5) is 17.2. The molecule has 0 spiro atoms. The zero-order chi connectivity index (χ0) is 22.8. The monoisotopic (exact) mass is 495 g/mol. The van der Waals surface area contributed by atoms with Crippen molar-refractivity contribution in [3.05, 3.63) is 74.4 Å². The first kappa shape index (κ1) is 21.7. The first-order valence-corrected chi connectivity index (χ1v) is 10.7. The number of nitrogens with zero attached hydrogens (tertiary/aromatic N) is 1. The van der Waals surface area contributed by atoms with Crippen molar-refractivity contribution in [1.29, 1.82) is 0 Å². The fraction of sp³-hybridized carbons (Fsp3) is 0.167. The maximum absolute atomic E-state index is 13.9. The molecule has 0 aliphatic carbocycles. The summed E-state index contributed by atoms with van der Waals surface area (Å²) in [6, 6.07) is 15.3. The van der Waals surface area contributed by atoms with E-state index in [2.05, 4.69) is 31.4 Å². The molecular formula is C24H22BrN3O4. The summed E-state index contributed by atoms with van der Waals surface area (Å²) in [5, 5.41) is 16.9. The minimum Gasteiger partial charge on any atom is -0.495 e. The number of rotatable bonds is 6. The van der Waals surface area contributed by atoms with E-state index in [0.717, 1.165) is 5.56 Å². The van der Waals surface area contributed by atoms with Crippen molar-refractivity contribution >= 4 is 49.1 Å². The molecule has 0 aliphatic heterocycles. The van der Waals surface area contributed by atoms with E-state index in [1.54, 1.807) is 13.0 Å². The van der Waals surface area contributed by atoms with Crippen LogP contribution in [0.5, 0.6) is 11.5 Å². The Morgan fingerprint density at radius 3 is 2.50 bits per heavy atom. The number of hydrogen-bond donors (Lipinski definition) is 3. The first-order valence-electron chi connectivity index (χ1n) is 9.90. The minimum atomic E-state index is -0.228. The molecule has 4 rings (SSSR count). The molecule has 1 heterocycles. The standard InChI is InChI=1S/C24H22BrN3O4/c1-13(28-30)15-9-10-17(26-12-14-7-5-4-6-8-14)19-21(15)27-22-18(31-2)11-16(25)24(32-3)20(22)23(19)29/h4-11,26,30H,12H2,1-3H3,(H,27,29). The fourth-order valence-electron chi connectivity index (χ4n) is 3.82. The number of fused-ring (bicyclic) bond motifs is 2. The molecule has 0 amide bonds. The number of aromatic nitrogens is 1. The first-order chi connectivity index (χ1) is 15.5. The highest BCUT2D eigenvalue weighted by Gasteiger charge is 2.21. The molecule has 164 valence electrons. The van der Waals surface area contributed by atoms with Gasteiger partial charge in [-0.05, 0) is 40.5 Å². The number of anilines is 1. The molecule has 0 saturated heterocycles. The van der Waals surface area contributed by atoms with Crippen molar-refractivity contribution in [3.63, 3.8) is 0 Å². The minimum absolute atomic E-state index is 0.228. The average Bonchev–Trinajstić information content (AvgIpc) is 2.82. The van der Waals surface area contributed by atoms with Gasteiger partial charge in [-0.15, -0.1) is 0 Å². The zero-order valence-electron chi connectivity index (χ0n) is 17.8. The molecule has 0 radical (unpaired) electrons. The third-order valence-electron chi connectivity index (χ3n) is 5.40. The van der Waals surface area contributed by atoms with Gasteiger partial charge < -0.3 is 25.0 Å². The number of nitrogens with one attached hydrogen (secondary N) is 2. The molecule has 3 N–H and O–H groups in total. The molecule has 0 atom stereocenters. The lowest BCUT2D eigenvalue weighted by molar-refractivity contribution is 0.319. The number of aromatic amines is 1. The predicted octanol–water partition coefficient (Wildman–Crippen LogP) is 5.27. The maximum Gasteiger partial charge on any atom is 0.203 e. The van der Waals surface area contributed by atoms with E-state index in [-0.39, 0.29) is 5.43 Å². The van der Waals surface area contributed by atoms with Crippen LogP contribution in [0.15, 0.2) is 63.0 Å². The van der Waals surface area contributed by atoms with E-state index in [4.69, 9.17) is 9.47 Å². The van der Waals surface area contributed by atoms with Crippen LogP contribution in [-0.2, 0) is 6.54 Å².